The van der Waals surface area contributed by atoms with Crippen LogP contribution in [0.1, 0.15) is 40.5 Å². The molecule has 1 rings (SSSR count). The lowest BCUT2D eigenvalue weighted by Crippen LogP contribution is -2.43. The number of hydrogen-bond donors (Lipinski definition) is 1. The Morgan fingerprint density at radius 3 is 2.39 bits per heavy atom. The van der Waals surface area contributed by atoms with Gasteiger partial charge in [-0.25, -0.2) is 0 Å². The first-order valence-corrected chi connectivity index (χ1v) is 7.37. The summed E-state index contributed by atoms with van der Waals surface area (Å²) in [7, 11) is 1.81. The van der Waals surface area contributed by atoms with Crippen molar-refractivity contribution in [2.24, 2.45) is 11.8 Å². The molecule has 108 valence electrons. The van der Waals surface area contributed by atoms with Crippen LogP contribution in [0.4, 0.5) is 0 Å². The Hall–Kier alpha value is -0.120. The minimum atomic E-state index is 0.236. The fourth-order valence-corrected chi connectivity index (χ4v) is 2.56. The van der Waals surface area contributed by atoms with Crippen molar-refractivity contribution in [2.45, 2.75) is 46.1 Å². The van der Waals surface area contributed by atoms with Crippen molar-refractivity contribution in [1.82, 2.24) is 10.2 Å². The smallest absolute Gasteiger partial charge is 0.0491 e. The summed E-state index contributed by atoms with van der Waals surface area (Å²) in [6.07, 6.45) is 2.60. The summed E-state index contributed by atoms with van der Waals surface area (Å²) < 4.78 is 5.25. The molecular formula is C15H32N2O. The van der Waals surface area contributed by atoms with Crippen molar-refractivity contribution in [3.05, 3.63) is 0 Å². The van der Waals surface area contributed by atoms with E-state index in [9.17, 15) is 0 Å². The van der Waals surface area contributed by atoms with E-state index in [-0.39, 0.29) is 5.54 Å². The van der Waals surface area contributed by atoms with Crippen LogP contribution < -0.4 is 5.32 Å². The molecule has 0 bridgehead atoms. The lowest BCUT2D eigenvalue weighted by molar-refractivity contribution is 0.0931. The van der Waals surface area contributed by atoms with E-state index in [1.807, 2.05) is 7.11 Å². The molecule has 1 aliphatic rings. The number of ether oxygens (including phenoxy) is 1. The van der Waals surface area contributed by atoms with E-state index in [0.717, 1.165) is 25.0 Å². The van der Waals surface area contributed by atoms with Gasteiger partial charge in [-0.2, -0.15) is 0 Å². The lowest BCUT2D eigenvalue weighted by Gasteiger charge is -2.34. The van der Waals surface area contributed by atoms with Gasteiger partial charge < -0.3 is 15.0 Å². The molecule has 0 radical (unpaired) electrons. The number of likely N-dealkylation sites (tertiary alicyclic amines) is 1. The number of methoxy groups -OCH3 is 1. The van der Waals surface area contributed by atoms with Gasteiger partial charge in [0, 0.05) is 25.8 Å². The van der Waals surface area contributed by atoms with Crippen LogP contribution in [0.5, 0.6) is 0 Å². The molecule has 1 unspecified atom stereocenters. The zero-order valence-corrected chi connectivity index (χ0v) is 13.0. The minimum absolute atomic E-state index is 0.236. The minimum Gasteiger partial charge on any atom is -0.384 e. The van der Waals surface area contributed by atoms with E-state index in [1.165, 1.54) is 32.5 Å². The largest absolute Gasteiger partial charge is 0.384 e. The summed E-state index contributed by atoms with van der Waals surface area (Å²) in [5, 5.41) is 3.59. The highest BCUT2D eigenvalue weighted by Crippen LogP contribution is 2.18. The third-order valence-corrected chi connectivity index (χ3v) is 3.66. The number of hydrogen-bond acceptors (Lipinski definition) is 3. The Balaban J connectivity index is 2.16. The van der Waals surface area contributed by atoms with Crippen LogP contribution in [-0.4, -0.2) is 50.3 Å². The molecule has 0 aliphatic carbocycles. The average Bonchev–Trinajstić information content (AvgIpc) is 2.29. The molecule has 1 atom stereocenters. The second-order valence-corrected chi connectivity index (χ2v) is 6.94. The molecule has 3 nitrogen and oxygen atoms in total. The Morgan fingerprint density at radius 1 is 1.28 bits per heavy atom. The Morgan fingerprint density at radius 2 is 1.89 bits per heavy atom. The van der Waals surface area contributed by atoms with Crippen LogP contribution in [-0.2, 0) is 4.74 Å². The monoisotopic (exact) mass is 256 g/mol. The SMILES string of the molecule is COCC1CCN(CC(C)CNC(C)(C)C)CC1. The molecule has 3 heteroatoms. The molecule has 1 saturated heterocycles. The lowest BCUT2D eigenvalue weighted by atomic mass is 9.97. The molecule has 0 aromatic rings. The molecule has 0 amide bonds. The topological polar surface area (TPSA) is 24.5 Å². The highest BCUT2D eigenvalue weighted by molar-refractivity contribution is 4.76. The molecule has 0 aromatic carbocycles. The maximum atomic E-state index is 5.25. The standard InChI is InChI=1S/C15H32N2O/c1-13(10-16-15(2,3)4)11-17-8-6-14(7-9-17)12-18-5/h13-14,16H,6-12H2,1-5H3. The van der Waals surface area contributed by atoms with E-state index in [4.69, 9.17) is 4.74 Å². The molecule has 0 aromatic heterocycles. The number of piperidine rings is 1. The maximum Gasteiger partial charge on any atom is 0.0491 e. The summed E-state index contributed by atoms with van der Waals surface area (Å²) >= 11 is 0. The highest BCUT2D eigenvalue weighted by atomic mass is 16.5. The van der Waals surface area contributed by atoms with E-state index in [0.29, 0.717) is 0 Å². The fraction of sp³-hybridized carbons (Fsp3) is 1.00. The normalized spacial score (nSPS) is 21.2. The number of rotatable bonds is 6. The number of nitrogens with zero attached hydrogens (tertiary/aromatic N) is 1. The maximum absolute atomic E-state index is 5.25. The Labute approximate surface area is 113 Å². The van der Waals surface area contributed by atoms with Gasteiger partial charge in [-0.1, -0.05) is 6.92 Å². The third-order valence-electron chi connectivity index (χ3n) is 3.66. The van der Waals surface area contributed by atoms with E-state index < -0.39 is 0 Å². The Bertz CT molecular complexity index is 217. The van der Waals surface area contributed by atoms with E-state index >= 15 is 0 Å². The predicted molar refractivity (Wildman–Crippen MR) is 78.0 cm³/mol. The molecule has 18 heavy (non-hydrogen) atoms. The summed E-state index contributed by atoms with van der Waals surface area (Å²) in [5.41, 5.74) is 0.236. The van der Waals surface area contributed by atoms with Crippen LogP contribution in [0.2, 0.25) is 0 Å². The second-order valence-electron chi connectivity index (χ2n) is 6.94. The van der Waals surface area contributed by atoms with Gasteiger partial charge >= 0.3 is 0 Å². The third kappa shape index (κ3) is 6.72. The first-order valence-electron chi connectivity index (χ1n) is 7.37. The van der Waals surface area contributed by atoms with Crippen molar-refractivity contribution >= 4 is 0 Å². The van der Waals surface area contributed by atoms with Gasteiger partial charge in [0.2, 0.25) is 0 Å². The van der Waals surface area contributed by atoms with E-state index in [1.54, 1.807) is 0 Å². The van der Waals surface area contributed by atoms with Gasteiger partial charge in [-0.3, -0.25) is 0 Å². The van der Waals surface area contributed by atoms with E-state index in [2.05, 4.69) is 37.9 Å². The molecule has 1 aliphatic heterocycles. The van der Waals surface area contributed by atoms with Crippen LogP contribution in [0.3, 0.4) is 0 Å². The van der Waals surface area contributed by atoms with Gasteiger partial charge in [0.1, 0.15) is 0 Å². The molecule has 0 spiro atoms. The van der Waals surface area contributed by atoms with Gasteiger partial charge in [0.15, 0.2) is 0 Å². The quantitative estimate of drug-likeness (QED) is 0.789. The predicted octanol–water partition coefficient (Wildman–Crippen LogP) is 2.37. The van der Waals surface area contributed by atoms with Crippen LogP contribution >= 0.6 is 0 Å². The molecule has 1 fully saturated rings. The molecule has 0 saturated carbocycles. The molecule has 1 heterocycles. The molecular weight excluding hydrogens is 224 g/mol. The zero-order chi connectivity index (χ0) is 13.6. The van der Waals surface area contributed by atoms with Crippen LogP contribution in [0.25, 0.3) is 0 Å². The van der Waals surface area contributed by atoms with Gasteiger partial charge in [-0.05, 0) is 65.1 Å². The zero-order valence-electron chi connectivity index (χ0n) is 13.0. The number of nitrogens with one attached hydrogen (secondary N) is 1. The highest BCUT2D eigenvalue weighted by Gasteiger charge is 2.20. The summed E-state index contributed by atoms with van der Waals surface area (Å²) in [6.45, 7) is 14.8. The van der Waals surface area contributed by atoms with Gasteiger partial charge in [-0.15, -0.1) is 0 Å². The first-order chi connectivity index (χ1) is 8.40. The first kappa shape index (κ1) is 15.9. The molecule has 1 N–H and O–H groups in total. The van der Waals surface area contributed by atoms with Crippen LogP contribution in [0.15, 0.2) is 0 Å². The summed E-state index contributed by atoms with van der Waals surface area (Å²) in [5.74, 6) is 1.51. The van der Waals surface area contributed by atoms with Crippen molar-refractivity contribution in [3.63, 3.8) is 0 Å². The summed E-state index contributed by atoms with van der Waals surface area (Å²) in [6, 6.07) is 0. The van der Waals surface area contributed by atoms with Crippen molar-refractivity contribution in [3.8, 4) is 0 Å². The van der Waals surface area contributed by atoms with Crippen molar-refractivity contribution in [2.75, 3.05) is 39.9 Å². The Kier molecular flexibility index (Phi) is 6.61. The summed E-state index contributed by atoms with van der Waals surface area (Å²) in [4.78, 5) is 2.61. The van der Waals surface area contributed by atoms with Crippen LogP contribution in [0, 0.1) is 11.8 Å². The van der Waals surface area contributed by atoms with Gasteiger partial charge in [0.25, 0.3) is 0 Å². The second kappa shape index (κ2) is 7.46. The van der Waals surface area contributed by atoms with Crippen molar-refractivity contribution in [1.29, 1.82) is 0 Å². The van der Waals surface area contributed by atoms with Gasteiger partial charge in [0.05, 0.1) is 0 Å². The average molecular weight is 256 g/mol. The fourth-order valence-electron chi connectivity index (χ4n) is 2.56. The van der Waals surface area contributed by atoms with Crippen molar-refractivity contribution < 1.29 is 4.74 Å².